The molecule has 1 atom stereocenters. The second kappa shape index (κ2) is 8.43. The molecule has 0 bridgehead atoms. The summed E-state index contributed by atoms with van der Waals surface area (Å²) in [7, 11) is -1.41. The van der Waals surface area contributed by atoms with E-state index in [9.17, 15) is 8.42 Å². The predicted octanol–water partition coefficient (Wildman–Crippen LogP) is -0.815. The molecule has 0 amide bonds. The van der Waals surface area contributed by atoms with E-state index in [0.717, 1.165) is 19.3 Å². The first-order valence-electron chi connectivity index (χ1n) is 7.09. The Bertz CT molecular complexity index is 410. The van der Waals surface area contributed by atoms with E-state index in [0.29, 0.717) is 25.1 Å². The summed E-state index contributed by atoms with van der Waals surface area (Å²) in [6.07, 6.45) is 3.62. The highest BCUT2D eigenvalue weighted by atomic mass is 32.2. The van der Waals surface area contributed by atoms with Crippen LogP contribution in [0.3, 0.4) is 0 Å². The fourth-order valence-corrected chi connectivity index (χ4v) is 2.87. The molecule has 1 fully saturated rings. The van der Waals surface area contributed by atoms with E-state index in [4.69, 9.17) is 0 Å². The topological polar surface area (TPSA) is 85.8 Å². The van der Waals surface area contributed by atoms with Gasteiger partial charge in [0.05, 0.1) is 6.26 Å². The molecule has 0 aromatic carbocycles. The molecule has 1 rings (SSSR count). The van der Waals surface area contributed by atoms with E-state index in [-0.39, 0.29) is 0 Å². The van der Waals surface area contributed by atoms with Crippen molar-refractivity contribution in [2.45, 2.75) is 25.8 Å². The second-order valence-corrected chi connectivity index (χ2v) is 6.80. The molecule has 0 saturated carbocycles. The van der Waals surface area contributed by atoms with Crippen molar-refractivity contribution in [3.05, 3.63) is 0 Å². The number of likely N-dealkylation sites (N-methyl/N-ethyl adjacent to an activating group) is 1. The zero-order valence-corrected chi connectivity index (χ0v) is 13.5. The zero-order chi connectivity index (χ0) is 15.0. The lowest BCUT2D eigenvalue weighted by molar-refractivity contribution is 0.267. The molecule has 0 aromatic rings. The van der Waals surface area contributed by atoms with Gasteiger partial charge in [-0.3, -0.25) is 9.89 Å². The van der Waals surface area contributed by atoms with Crippen LogP contribution < -0.4 is 15.4 Å². The van der Waals surface area contributed by atoms with Crippen LogP contribution in [-0.2, 0) is 10.0 Å². The van der Waals surface area contributed by atoms with Gasteiger partial charge in [0.2, 0.25) is 10.0 Å². The van der Waals surface area contributed by atoms with E-state index in [1.54, 1.807) is 7.05 Å². The summed E-state index contributed by atoms with van der Waals surface area (Å²) in [5, 5.41) is 6.39. The van der Waals surface area contributed by atoms with Crippen LogP contribution in [0.15, 0.2) is 4.99 Å². The number of nitrogens with zero attached hydrogens (tertiary/aromatic N) is 2. The quantitative estimate of drug-likeness (QED) is 0.325. The largest absolute Gasteiger partial charge is 0.355 e. The van der Waals surface area contributed by atoms with Gasteiger partial charge in [-0.1, -0.05) is 6.92 Å². The Morgan fingerprint density at radius 1 is 1.35 bits per heavy atom. The number of hydrogen-bond acceptors (Lipinski definition) is 4. The van der Waals surface area contributed by atoms with Crippen LogP contribution in [0, 0.1) is 0 Å². The van der Waals surface area contributed by atoms with E-state index in [1.165, 1.54) is 19.4 Å². The number of likely N-dealkylation sites (tertiary alicyclic amines) is 1. The molecule has 8 heteroatoms. The summed E-state index contributed by atoms with van der Waals surface area (Å²) in [5.74, 6) is 0.711. The lowest BCUT2D eigenvalue weighted by Crippen LogP contribution is -2.46. The maximum Gasteiger partial charge on any atom is 0.208 e. The number of aliphatic imine (C=N–C) groups is 1. The summed E-state index contributed by atoms with van der Waals surface area (Å²) in [6.45, 7) is 6.16. The predicted molar refractivity (Wildman–Crippen MR) is 82.5 cm³/mol. The van der Waals surface area contributed by atoms with Crippen molar-refractivity contribution in [2.24, 2.45) is 4.99 Å². The first-order valence-corrected chi connectivity index (χ1v) is 8.98. The summed E-state index contributed by atoms with van der Waals surface area (Å²) in [4.78, 5) is 6.60. The number of nitrogens with one attached hydrogen (secondary N) is 3. The van der Waals surface area contributed by atoms with Gasteiger partial charge in [0.15, 0.2) is 5.96 Å². The first-order chi connectivity index (χ1) is 9.46. The normalized spacial score (nSPS) is 21.1. The lowest BCUT2D eigenvalue weighted by atomic mass is 10.2. The van der Waals surface area contributed by atoms with Gasteiger partial charge in [-0.2, -0.15) is 0 Å². The van der Waals surface area contributed by atoms with Gasteiger partial charge >= 0.3 is 0 Å². The molecule has 20 heavy (non-hydrogen) atoms. The minimum absolute atomic E-state index is 0.351. The van der Waals surface area contributed by atoms with Gasteiger partial charge in [-0.05, 0) is 25.9 Å². The van der Waals surface area contributed by atoms with Gasteiger partial charge in [0, 0.05) is 32.7 Å². The van der Waals surface area contributed by atoms with Crippen molar-refractivity contribution < 1.29 is 8.42 Å². The molecule has 1 heterocycles. The van der Waals surface area contributed by atoms with Crippen LogP contribution in [-0.4, -0.2) is 71.3 Å². The van der Waals surface area contributed by atoms with E-state index >= 15 is 0 Å². The molecule has 0 spiro atoms. The number of rotatable bonds is 7. The molecule has 3 N–H and O–H groups in total. The van der Waals surface area contributed by atoms with Gasteiger partial charge in [-0.15, -0.1) is 0 Å². The van der Waals surface area contributed by atoms with Crippen molar-refractivity contribution in [2.75, 3.05) is 46.0 Å². The van der Waals surface area contributed by atoms with E-state index in [1.807, 2.05) is 0 Å². The van der Waals surface area contributed by atoms with E-state index in [2.05, 4.69) is 32.2 Å². The standard InChI is InChI=1S/C12H27N5O2S/c1-4-17-9-5-6-11(17)10-15-12(13-2)14-7-8-16-20(3,18)19/h11,16H,4-10H2,1-3H3,(H2,13,14,15). The van der Waals surface area contributed by atoms with Crippen LogP contribution in [0.1, 0.15) is 19.8 Å². The highest BCUT2D eigenvalue weighted by molar-refractivity contribution is 7.88. The maximum absolute atomic E-state index is 10.9. The molecule has 0 aliphatic carbocycles. The number of sulfonamides is 1. The van der Waals surface area contributed by atoms with Crippen LogP contribution >= 0.6 is 0 Å². The monoisotopic (exact) mass is 305 g/mol. The molecule has 0 radical (unpaired) electrons. The molecular formula is C12H27N5O2S. The number of hydrogen-bond donors (Lipinski definition) is 3. The molecule has 1 unspecified atom stereocenters. The molecule has 1 aliphatic rings. The van der Waals surface area contributed by atoms with Gasteiger partial charge < -0.3 is 10.6 Å². The van der Waals surface area contributed by atoms with Crippen molar-refractivity contribution in [1.29, 1.82) is 0 Å². The van der Waals surface area contributed by atoms with Crippen molar-refractivity contribution >= 4 is 16.0 Å². The summed E-state index contributed by atoms with van der Waals surface area (Å²) < 4.78 is 24.3. The van der Waals surface area contributed by atoms with Crippen LogP contribution in [0.25, 0.3) is 0 Å². The fraction of sp³-hybridized carbons (Fsp3) is 0.917. The minimum Gasteiger partial charge on any atom is -0.355 e. The third-order valence-corrected chi connectivity index (χ3v) is 4.14. The first kappa shape index (κ1) is 17.2. The lowest BCUT2D eigenvalue weighted by Gasteiger charge is -2.23. The zero-order valence-electron chi connectivity index (χ0n) is 12.6. The van der Waals surface area contributed by atoms with Crippen LogP contribution in [0.4, 0.5) is 0 Å². The Morgan fingerprint density at radius 3 is 2.70 bits per heavy atom. The third kappa shape index (κ3) is 6.53. The Kier molecular flexibility index (Phi) is 7.25. The van der Waals surface area contributed by atoms with Crippen molar-refractivity contribution in [3.8, 4) is 0 Å². The average molecular weight is 305 g/mol. The molecule has 0 aromatic heterocycles. The van der Waals surface area contributed by atoms with Gasteiger partial charge in [0.25, 0.3) is 0 Å². The molecule has 1 saturated heterocycles. The smallest absolute Gasteiger partial charge is 0.208 e. The Morgan fingerprint density at radius 2 is 2.10 bits per heavy atom. The molecule has 118 valence electrons. The third-order valence-electron chi connectivity index (χ3n) is 3.42. The highest BCUT2D eigenvalue weighted by Gasteiger charge is 2.22. The van der Waals surface area contributed by atoms with Crippen LogP contribution in [0.5, 0.6) is 0 Å². The Hall–Kier alpha value is -0.860. The van der Waals surface area contributed by atoms with Gasteiger partial charge in [0.1, 0.15) is 0 Å². The van der Waals surface area contributed by atoms with Gasteiger partial charge in [-0.25, -0.2) is 13.1 Å². The number of guanidine groups is 1. The highest BCUT2D eigenvalue weighted by Crippen LogP contribution is 2.15. The summed E-state index contributed by atoms with van der Waals surface area (Å²) >= 11 is 0. The Balaban J connectivity index is 2.23. The van der Waals surface area contributed by atoms with Crippen LogP contribution in [0.2, 0.25) is 0 Å². The van der Waals surface area contributed by atoms with Crippen molar-refractivity contribution in [3.63, 3.8) is 0 Å². The fourth-order valence-electron chi connectivity index (χ4n) is 2.40. The Labute approximate surface area is 122 Å². The maximum atomic E-state index is 10.9. The molecular weight excluding hydrogens is 278 g/mol. The SMILES string of the molecule is CCN1CCCC1CNC(=NC)NCCNS(C)(=O)=O. The molecule has 7 nitrogen and oxygen atoms in total. The van der Waals surface area contributed by atoms with E-state index < -0.39 is 10.0 Å². The summed E-state index contributed by atoms with van der Waals surface area (Å²) in [5.41, 5.74) is 0. The minimum atomic E-state index is -3.12. The van der Waals surface area contributed by atoms with Crippen molar-refractivity contribution in [1.82, 2.24) is 20.3 Å². The molecule has 1 aliphatic heterocycles. The summed E-state index contributed by atoms with van der Waals surface area (Å²) in [6, 6.07) is 0.563. The second-order valence-electron chi connectivity index (χ2n) is 4.97. The average Bonchev–Trinajstić information content (AvgIpc) is 2.84.